The molecule has 0 aromatic heterocycles. The summed E-state index contributed by atoms with van der Waals surface area (Å²) in [5.74, 6) is 0.384. The first-order valence-electron chi connectivity index (χ1n) is 10.3. The number of ether oxygens (including phenoxy) is 2. The SMILES string of the molecule is C=C1CC[C@@H](O[C@@H]2O[C@H](CO)[C@@H](O)[C@H](O)[C@H]2O)[C@]2(C)CC[C@@H](C(C)(C)O)C[C@@H]12. The Kier molecular flexibility index (Phi) is 6.29. The molecule has 7 nitrogen and oxygen atoms in total. The Morgan fingerprint density at radius 1 is 1.18 bits per heavy atom. The Balaban J connectivity index is 1.77. The van der Waals surface area contributed by atoms with E-state index in [0.717, 1.165) is 32.1 Å². The van der Waals surface area contributed by atoms with Crippen molar-refractivity contribution in [2.24, 2.45) is 17.3 Å². The lowest BCUT2D eigenvalue weighted by Gasteiger charge is -2.55. The van der Waals surface area contributed by atoms with Crippen LogP contribution < -0.4 is 0 Å². The molecule has 3 fully saturated rings. The largest absolute Gasteiger partial charge is 0.394 e. The van der Waals surface area contributed by atoms with Gasteiger partial charge in [0.05, 0.1) is 18.3 Å². The smallest absolute Gasteiger partial charge is 0.186 e. The predicted octanol–water partition coefficient (Wildman–Crippen LogP) is 0.715. The average Bonchev–Trinajstić information content (AvgIpc) is 2.63. The summed E-state index contributed by atoms with van der Waals surface area (Å²) in [7, 11) is 0. The maximum absolute atomic E-state index is 10.5. The first-order valence-corrected chi connectivity index (χ1v) is 10.3. The van der Waals surface area contributed by atoms with Crippen molar-refractivity contribution in [2.45, 2.75) is 95.3 Å². The van der Waals surface area contributed by atoms with Crippen LogP contribution in [-0.4, -0.2) is 74.6 Å². The molecule has 0 amide bonds. The van der Waals surface area contributed by atoms with Crippen molar-refractivity contribution in [3.05, 3.63) is 12.2 Å². The highest BCUT2D eigenvalue weighted by molar-refractivity contribution is 5.16. The van der Waals surface area contributed by atoms with Crippen LogP contribution in [0, 0.1) is 17.3 Å². The van der Waals surface area contributed by atoms with E-state index in [1.807, 2.05) is 13.8 Å². The Labute approximate surface area is 167 Å². The van der Waals surface area contributed by atoms with E-state index in [-0.39, 0.29) is 23.4 Å². The zero-order chi connectivity index (χ0) is 20.9. The van der Waals surface area contributed by atoms with Crippen LogP contribution in [-0.2, 0) is 9.47 Å². The summed E-state index contributed by atoms with van der Waals surface area (Å²) in [6.07, 6.45) is -2.44. The highest BCUT2D eigenvalue weighted by atomic mass is 16.7. The normalized spacial score (nSPS) is 47.6. The lowest BCUT2D eigenvalue weighted by molar-refractivity contribution is -0.324. The molecule has 28 heavy (non-hydrogen) atoms. The summed E-state index contributed by atoms with van der Waals surface area (Å²) in [6.45, 7) is 9.68. The summed E-state index contributed by atoms with van der Waals surface area (Å²) >= 11 is 0. The quantitative estimate of drug-likeness (QED) is 0.441. The standard InChI is InChI=1S/C21H36O7/c1-11-5-6-15(21(4)8-7-12(9-13(11)21)20(2,3)26)28-19-18(25)17(24)16(23)14(10-22)27-19/h12-19,22-26H,1,5-10H2,2-4H3/t12-,13+,14-,15-,16-,17+,18-,19+,21-/m1/s1. The average molecular weight is 401 g/mol. The molecule has 9 atom stereocenters. The van der Waals surface area contributed by atoms with E-state index in [4.69, 9.17) is 9.47 Å². The predicted molar refractivity (Wildman–Crippen MR) is 102 cm³/mol. The summed E-state index contributed by atoms with van der Waals surface area (Å²) in [5.41, 5.74) is 0.216. The van der Waals surface area contributed by atoms with Crippen LogP contribution in [0.3, 0.4) is 0 Å². The van der Waals surface area contributed by atoms with Gasteiger partial charge in [0.25, 0.3) is 0 Å². The van der Waals surface area contributed by atoms with Gasteiger partial charge >= 0.3 is 0 Å². The number of fused-ring (bicyclic) bond motifs is 1. The highest BCUT2D eigenvalue weighted by Crippen LogP contribution is 2.56. The minimum atomic E-state index is -1.44. The van der Waals surface area contributed by atoms with Crippen LogP contribution >= 0.6 is 0 Å². The van der Waals surface area contributed by atoms with E-state index in [1.165, 1.54) is 5.57 Å². The zero-order valence-corrected chi connectivity index (χ0v) is 17.1. The van der Waals surface area contributed by atoms with Crippen molar-refractivity contribution in [3.8, 4) is 0 Å². The van der Waals surface area contributed by atoms with Gasteiger partial charge in [0.15, 0.2) is 6.29 Å². The molecule has 0 aromatic carbocycles. The van der Waals surface area contributed by atoms with E-state index in [2.05, 4.69) is 13.5 Å². The molecular weight excluding hydrogens is 364 g/mol. The van der Waals surface area contributed by atoms with Crippen LogP contribution in [0.4, 0.5) is 0 Å². The first-order chi connectivity index (χ1) is 13.0. The minimum absolute atomic E-state index is 0.188. The first kappa shape index (κ1) is 22.2. The molecule has 0 unspecified atom stereocenters. The van der Waals surface area contributed by atoms with Gasteiger partial charge in [0, 0.05) is 5.41 Å². The molecule has 0 aromatic rings. The van der Waals surface area contributed by atoms with Gasteiger partial charge in [0.1, 0.15) is 24.4 Å². The second kappa shape index (κ2) is 7.95. The number of rotatable bonds is 4. The van der Waals surface area contributed by atoms with Crippen molar-refractivity contribution in [1.82, 2.24) is 0 Å². The molecule has 1 heterocycles. The number of aliphatic hydroxyl groups excluding tert-OH is 4. The topological polar surface area (TPSA) is 120 Å². The third-order valence-electron chi connectivity index (χ3n) is 7.45. The molecule has 3 aliphatic rings. The van der Waals surface area contributed by atoms with Crippen molar-refractivity contribution in [3.63, 3.8) is 0 Å². The fourth-order valence-electron chi connectivity index (χ4n) is 5.38. The van der Waals surface area contributed by atoms with Gasteiger partial charge in [-0.2, -0.15) is 0 Å². The number of allylic oxidation sites excluding steroid dienone is 1. The van der Waals surface area contributed by atoms with E-state index < -0.39 is 42.9 Å². The third-order valence-corrected chi connectivity index (χ3v) is 7.45. The Morgan fingerprint density at radius 3 is 2.46 bits per heavy atom. The van der Waals surface area contributed by atoms with Crippen LogP contribution in [0.1, 0.15) is 52.9 Å². The number of aliphatic hydroxyl groups is 5. The minimum Gasteiger partial charge on any atom is -0.394 e. The van der Waals surface area contributed by atoms with Gasteiger partial charge in [-0.3, -0.25) is 0 Å². The fraction of sp³-hybridized carbons (Fsp3) is 0.905. The molecule has 0 radical (unpaired) electrons. The van der Waals surface area contributed by atoms with Crippen molar-refractivity contribution < 1.29 is 35.0 Å². The summed E-state index contributed by atoms with van der Waals surface area (Å²) in [4.78, 5) is 0. The third kappa shape index (κ3) is 3.90. The Bertz CT molecular complexity index is 572. The molecule has 2 saturated carbocycles. The van der Waals surface area contributed by atoms with E-state index >= 15 is 0 Å². The monoisotopic (exact) mass is 400 g/mol. The van der Waals surface area contributed by atoms with Gasteiger partial charge in [0.2, 0.25) is 0 Å². The molecule has 1 aliphatic heterocycles. The second-order valence-corrected chi connectivity index (χ2v) is 9.70. The van der Waals surface area contributed by atoms with Crippen LogP contribution in [0.15, 0.2) is 12.2 Å². The van der Waals surface area contributed by atoms with Gasteiger partial charge in [-0.05, 0) is 57.8 Å². The lowest BCUT2D eigenvalue weighted by atomic mass is 9.54. The van der Waals surface area contributed by atoms with Crippen LogP contribution in [0.25, 0.3) is 0 Å². The molecule has 1 saturated heterocycles. The molecule has 0 bridgehead atoms. The Hall–Kier alpha value is -0.540. The van der Waals surface area contributed by atoms with E-state index in [1.54, 1.807) is 0 Å². The van der Waals surface area contributed by atoms with E-state index in [9.17, 15) is 25.5 Å². The summed E-state index contributed by atoms with van der Waals surface area (Å²) in [5, 5.41) is 50.2. The molecule has 2 aliphatic carbocycles. The van der Waals surface area contributed by atoms with Gasteiger partial charge in [-0.1, -0.05) is 19.1 Å². The maximum Gasteiger partial charge on any atom is 0.186 e. The summed E-state index contributed by atoms with van der Waals surface area (Å²) < 4.78 is 11.7. The molecule has 5 N–H and O–H groups in total. The molecular formula is C21H36O7. The summed E-state index contributed by atoms with van der Waals surface area (Å²) in [6, 6.07) is 0. The van der Waals surface area contributed by atoms with Crippen molar-refractivity contribution >= 4 is 0 Å². The van der Waals surface area contributed by atoms with Crippen LogP contribution in [0.5, 0.6) is 0 Å². The molecule has 162 valence electrons. The fourth-order valence-corrected chi connectivity index (χ4v) is 5.38. The van der Waals surface area contributed by atoms with Gasteiger partial charge in [-0.25, -0.2) is 0 Å². The van der Waals surface area contributed by atoms with E-state index in [0.29, 0.717) is 0 Å². The Morgan fingerprint density at radius 2 is 1.86 bits per heavy atom. The number of hydrogen-bond donors (Lipinski definition) is 5. The second-order valence-electron chi connectivity index (χ2n) is 9.70. The zero-order valence-electron chi connectivity index (χ0n) is 17.1. The van der Waals surface area contributed by atoms with Crippen LogP contribution in [0.2, 0.25) is 0 Å². The molecule has 3 rings (SSSR count). The maximum atomic E-state index is 10.5. The van der Waals surface area contributed by atoms with Gasteiger partial charge < -0.3 is 35.0 Å². The van der Waals surface area contributed by atoms with Gasteiger partial charge in [-0.15, -0.1) is 0 Å². The lowest BCUT2D eigenvalue weighted by Crippen LogP contribution is -2.61. The molecule has 0 spiro atoms. The number of hydrogen-bond acceptors (Lipinski definition) is 7. The molecule has 7 heteroatoms. The van der Waals surface area contributed by atoms with Crippen molar-refractivity contribution in [2.75, 3.05) is 6.61 Å². The highest BCUT2D eigenvalue weighted by Gasteiger charge is 2.53. The van der Waals surface area contributed by atoms with Crippen molar-refractivity contribution in [1.29, 1.82) is 0 Å².